The fourth-order valence-corrected chi connectivity index (χ4v) is 4.42. The van der Waals surface area contributed by atoms with E-state index in [1.165, 1.54) is 0 Å². The highest BCUT2D eigenvalue weighted by Gasteiger charge is 2.26. The maximum Gasteiger partial charge on any atom is 0.279 e. The predicted octanol–water partition coefficient (Wildman–Crippen LogP) is 2.75. The first-order chi connectivity index (χ1) is 8.99. The molecule has 1 N–H and O–H groups in total. The van der Waals surface area contributed by atoms with E-state index < -0.39 is 10.2 Å². The van der Waals surface area contributed by atoms with E-state index in [0.717, 1.165) is 37.4 Å². The Kier molecular flexibility index (Phi) is 7.87. The first kappa shape index (κ1) is 17.4. The van der Waals surface area contributed by atoms with Gasteiger partial charge in [-0.3, -0.25) is 0 Å². The van der Waals surface area contributed by atoms with Crippen molar-refractivity contribution in [3.8, 4) is 0 Å². The van der Waals surface area contributed by atoms with Gasteiger partial charge in [0.25, 0.3) is 10.2 Å². The van der Waals surface area contributed by atoms with Gasteiger partial charge in [-0.15, -0.1) is 0 Å². The summed E-state index contributed by atoms with van der Waals surface area (Å²) in [4.78, 5) is 0. The minimum absolute atomic E-state index is 0.433. The Labute approximate surface area is 126 Å². The van der Waals surface area contributed by atoms with Crippen molar-refractivity contribution in [1.82, 2.24) is 9.03 Å². The molecule has 1 heterocycles. The highest BCUT2D eigenvalue weighted by Crippen LogP contribution is 2.18. The Morgan fingerprint density at radius 3 is 2.47 bits per heavy atom. The fraction of sp³-hybridized carbons (Fsp3) is 1.00. The molecular weight excluding hydrogens is 328 g/mol. The Bertz CT molecular complexity index is 335. The van der Waals surface area contributed by atoms with Gasteiger partial charge in [-0.25, -0.2) is 4.72 Å². The van der Waals surface area contributed by atoms with Gasteiger partial charge < -0.3 is 0 Å². The molecule has 1 rings (SSSR count). The van der Waals surface area contributed by atoms with E-state index in [1.807, 2.05) is 0 Å². The molecule has 1 saturated heterocycles. The number of halogens is 1. The number of alkyl halides is 1. The molecule has 0 radical (unpaired) electrons. The number of rotatable bonds is 8. The van der Waals surface area contributed by atoms with Crippen LogP contribution in [0.3, 0.4) is 0 Å². The second-order valence-electron chi connectivity index (χ2n) is 5.57. The molecule has 0 aromatic carbocycles. The van der Waals surface area contributed by atoms with Crippen LogP contribution in [0.1, 0.15) is 46.0 Å². The largest absolute Gasteiger partial charge is 0.279 e. The highest BCUT2D eigenvalue weighted by atomic mass is 79.9. The number of piperidine rings is 1. The van der Waals surface area contributed by atoms with Crippen molar-refractivity contribution in [3.63, 3.8) is 0 Å². The van der Waals surface area contributed by atoms with E-state index in [0.29, 0.717) is 31.5 Å². The number of nitrogens with one attached hydrogen (secondary N) is 1. The van der Waals surface area contributed by atoms with Crippen molar-refractivity contribution >= 4 is 26.1 Å². The van der Waals surface area contributed by atoms with Gasteiger partial charge in [0.2, 0.25) is 0 Å². The average molecular weight is 355 g/mol. The summed E-state index contributed by atoms with van der Waals surface area (Å²) >= 11 is 3.44. The van der Waals surface area contributed by atoms with Crippen LogP contribution < -0.4 is 4.72 Å². The van der Waals surface area contributed by atoms with Gasteiger partial charge in [0.1, 0.15) is 0 Å². The van der Waals surface area contributed by atoms with Crippen molar-refractivity contribution in [1.29, 1.82) is 0 Å². The summed E-state index contributed by atoms with van der Waals surface area (Å²) in [6.45, 7) is 6.21. The summed E-state index contributed by atoms with van der Waals surface area (Å²) in [5.74, 6) is 1.08. The number of hydrogen-bond donors (Lipinski definition) is 1. The molecule has 19 heavy (non-hydrogen) atoms. The first-order valence-corrected chi connectivity index (χ1v) is 9.86. The van der Waals surface area contributed by atoms with Gasteiger partial charge >= 0.3 is 0 Å². The van der Waals surface area contributed by atoms with E-state index >= 15 is 0 Å². The molecule has 0 aromatic rings. The second-order valence-corrected chi connectivity index (χ2v) is 8.12. The van der Waals surface area contributed by atoms with E-state index in [-0.39, 0.29) is 0 Å². The minimum atomic E-state index is -3.27. The van der Waals surface area contributed by atoms with Crippen molar-refractivity contribution in [3.05, 3.63) is 0 Å². The third kappa shape index (κ3) is 6.10. The van der Waals surface area contributed by atoms with Crippen LogP contribution in [0.25, 0.3) is 0 Å². The molecule has 0 spiro atoms. The highest BCUT2D eigenvalue weighted by molar-refractivity contribution is 9.09. The van der Waals surface area contributed by atoms with E-state index in [1.54, 1.807) is 4.31 Å². The number of nitrogens with zero attached hydrogens (tertiary/aromatic N) is 1. The van der Waals surface area contributed by atoms with Crippen LogP contribution in [-0.4, -0.2) is 37.7 Å². The van der Waals surface area contributed by atoms with Crippen LogP contribution in [0.5, 0.6) is 0 Å². The first-order valence-electron chi connectivity index (χ1n) is 7.30. The van der Waals surface area contributed by atoms with Gasteiger partial charge in [0, 0.05) is 25.0 Å². The Morgan fingerprint density at radius 1 is 1.32 bits per heavy atom. The van der Waals surface area contributed by atoms with Gasteiger partial charge in [-0.2, -0.15) is 12.7 Å². The number of hydrogen-bond acceptors (Lipinski definition) is 2. The van der Waals surface area contributed by atoms with Gasteiger partial charge in [0.15, 0.2) is 0 Å². The van der Waals surface area contributed by atoms with Crippen LogP contribution in [-0.2, 0) is 10.2 Å². The molecule has 1 atom stereocenters. The van der Waals surface area contributed by atoms with E-state index in [2.05, 4.69) is 34.5 Å². The van der Waals surface area contributed by atoms with Crippen molar-refractivity contribution < 1.29 is 8.42 Å². The van der Waals surface area contributed by atoms with Crippen molar-refractivity contribution in [2.45, 2.75) is 46.0 Å². The predicted molar refractivity (Wildman–Crippen MR) is 83.7 cm³/mol. The molecule has 0 amide bonds. The summed E-state index contributed by atoms with van der Waals surface area (Å²) in [5, 5.41) is 0.931. The molecule has 1 fully saturated rings. The van der Waals surface area contributed by atoms with Gasteiger partial charge in [-0.05, 0) is 37.5 Å². The smallest absolute Gasteiger partial charge is 0.202 e. The van der Waals surface area contributed by atoms with Crippen molar-refractivity contribution in [2.24, 2.45) is 11.8 Å². The maximum atomic E-state index is 12.2. The lowest BCUT2D eigenvalue weighted by atomic mass is 10.0. The standard InChI is InChI=1S/C13H27BrN2O2S/c1-3-4-13(5-8-14)11-15-19(17,18)16-9-6-12(2)7-10-16/h12-13,15H,3-11H2,1-2H3. The lowest BCUT2D eigenvalue weighted by Crippen LogP contribution is -2.45. The molecule has 0 bridgehead atoms. The summed E-state index contributed by atoms with van der Waals surface area (Å²) in [7, 11) is -3.27. The lowest BCUT2D eigenvalue weighted by molar-refractivity contribution is 0.283. The third-order valence-electron chi connectivity index (χ3n) is 3.85. The topological polar surface area (TPSA) is 49.4 Å². The zero-order valence-electron chi connectivity index (χ0n) is 12.1. The van der Waals surface area contributed by atoms with Gasteiger partial charge in [0.05, 0.1) is 0 Å². The zero-order chi connectivity index (χ0) is 14.3. The fourth-order valence-electron chi connectivity index (χ4n) is 2.45. The third-order valence-corrected chi connectivity index (χ3v) is 5.89. The molecule has 1 unspecified atom stereocenters. The summed E-state index contributed by atoms with van der Waals surface area (Å²) in [5.41, 5.74) is 0. The molecule has 1 aliphatic heterocycles. The molecule has 6 heteroatoms. The second kappa shape index (κ2) is 8.60. The van der Waals surface area contributed by atoms with Crippen LogP contribution in [0, 0.1) is 11.8 Å². The lowest BCUT2D eigenvalue weighted by Gasteiger charge is -2.30. The normalized spacial score (nSPS) is 20.6. The quantitative estimate of drug-likeness (QED) is 0.681. The Hall–Kier alpha value is 0.350. The maximum absolute atomic E-state index is 12.2. The van der Waals surface area contributed by atoms with E-state index in [4.69, 9.17) is 0 Å². The summed E-state index contributed by atoms with van der Waals surface area (Å²) in [6.07, 6.45) is 5.14. The van der Waals surface area contributed by atoms with E-state index in [9.17, 15) is 8.42 Å². The molecule has 4 nitrogen and oxygen atoms in total. The SMILES string of the molecule is CCCC(CCBr)CNS(=O)(=O)N1CCC(C)CC1. The monoisotopic (exact) mass is 354 g/mol. The Balaban J connectivity index is 2.44. The molecule has 0 aromatic heterocycles. The molecule has 1 aliphatic rings. The zero-order valence-corrected chi connectivity index (χ0v) is 14.5. The minimum Gasteiger partial charge on any atom is -0.202 e. The summed E-state index contributed by atoms with van der Waals surface area (Å²) < 4.78 is 28.8. The van der Waals surface area contributed by atoms with Crippen LogP contribution in [0.2, 0.25) is 0 Å². The summed E-state index contributed by atoms with van der Waals surface area (Å²) in [6, 6.07) is 0. The molecule has 0 saturated carbocycles. The average Bonchev–Trinajstić information content (AvgIpc) is 2.37. The molecule has 0 aliphatic carbocycles. The molecular formula is C13H27BrN2O2S. The van der Waals surface area contributed by atoms with Crippen molar-refractivity contribution in [2.75, 3.05) is 25.0 Å². The van der Waals surface area contributed by atoms with Crippen LogP contribution in [0.15, 0.2) is 0 Å². The van der Waals surface area contributed by atoms with Crippen LogP contribution >= 0.6 is 15.9 Å². The Morgan fingerprint density at radius 2 is 1.95 bits per heavy atom. The molecule has 114 valence electrons. The van der Waals surface area contributed by atoms with Crippen LogP contribution in [0.4, 0.5) is 0 Å². The van der Waals surface area contributed by atoms with Gasteiger partial charge in [-0.1, -0.05) is 36.2 Å².